The lowest BCUT2D eigenvalue weighted by Gasteiger charge is -2.31. The highest BCUT2D eigenvalue weighted by Gasteiger charge is 2.23. The summed E-state index contributed by atoms with van der Waals surface area (Å²) in [5, 5.41) is 5.33. The quantitative estimate of drug-likeness (QED) is 0.830. The first kappa shape index (κ1) is 12.5. The maximum atomic E-state index is 5.62. The standard InChI is InChI=1S/C15H21N3O/c1-10(2)18-8-7-11-5-6-12-14(13(11)9-18)19-16-15(12)17(3)4/h5-6,10H,7-9H2,1-4H3. The molecule has 1 aromatic carbocycles. The largest absolute Gasteiger partial charge is 0.359 e. The van der Waals surface area contributed by atoms with E-state index in [9.17, 15) is 0 Å². The van der Waals surface area contributed by atoms with Crippen LogP contribution in [0.3, 0.4) is 0 Å². The lowest BCUT2D eigenvalue weighted by Crippen LogP contribution is -2.35. The molecule has 19 heavy (non-hydrogen) atoms. The Kier molecular flexibility index (Phi) is 2.97. The maximum absolute atomic E-state index is 5.62. The Labute approximate surface area is 114 Å². The number of benzene rings is 1. The van der Waals surface area contributed by atoms with Crippen LogP contribution in [-0.4, -0.2) is 36.7 Å². The summed E-state index contributed by atoms with van der Waals surface area (Å²) in [5.41, 5.74) is 3.69. The van der Waals surface area contributed by atoms with E-state index in [0.717, 1.165) is 36.3 Å². The molecule has 0 saturated heterocycles. The molecule has 3 rings (SSSR count). The Morgan fingerprint density at radius 1 is 1.32 bits per heavy atom. The van der Waals surface area contributed by atoms with Gasteiger partial charge in [-0.05, 0) is 31.9 Å². The predicted octanol–water partition coefficient (Wildman–Crippen LogP) is 2.66. The van der Waals surface area contributed by atoms with Crippen LogP contribution in [0.15, 0.2) is 16.7 Å². The van der Waals surface area contributed by atoms with Crippen LogP contribution in [-0.2, 0) is 13.0 Å². The molecule has 1 aliphatic rings. The second-order valence-corrected chi connectivity index (χ2v) is 5.79. The fraction of sp³-hybridized carbons (Fsp3) is 0.533. The van der Waals surface area contributed by atoms with E-state index >= 15 is 0 Å². The molecule has 0 aliphatic carbocycles. The molecular weight excluding hydrogens is 238 g/mol. The van der Waals surface area contributed by atoms with Gasteiger partial charge in [0.05, 0.1) is 5.39 Å². The van der Waals surface area contributed by atoms with E-state index in [4.69, 9.17) is 4.52 Å². The zero-order valence-corrected chi connectivity index (χ0v) is 12.1. The van der Waals surface area contributed by atoms with Crippen LogP contribution < -0.4 is 4.90 Å². The Hall–Kier alpha value is -1.55. The zero-order chi connectivity index (χ0) is 13.6. The van der Waals surface area contributed by atoms with Crippen molar-refractivity contribution in [3.05, 3.63) is 23.3 Å². The second kappa shape index (κ2) is 4.53. The third-order valence-electron chi connectivity index (χ3n) is 4.01. The molecule has 0 spiro atoms. The molecule has 0 unspecified atom stereocenters. The number of rotatable bonds is 2. The fourth-order valence-corrected chi connectivity index (χ4v) is 2.80. The van der Waals surface area contributed by atoms with Gasteiger partial charge in [0.15, 0.2) is 11.4 Å². The topological polar surface area (TPSA) is 32.5 Å². The maximum Gasteiger partial charge on any atom is 0.179 e. The summed E-state index contributed by atoms with van der Waals surface area (Å²) in [6.07, 6.45) is 1.10. The molecular formula is C15H21N3O. The van der Waals surface area contributed by atoms with Crippen LogP contribution in [0.1, 0.15) is 25.0 Å². The predicted molar refractivity (Wildman–Crippen MR) is 77.6 cm³/mol. The molecule has 4 nitrogen and oxygen atoms in total. The number of anilines is 1. The number of hydrogen-bond donors (Lipinski definition) is 0. The van der Waals surface area contributed by atoms with Gasteiger partial charge in [-0.1, -0.05) is 11.2 Å². The van der Waals surface area contributed by atoms with Crippen LogP contribution in [0.2, 0.25) is 0 Å². The van der Waals surface area contributed by atoms with Crippen molar-refractivity contribution in [2.75, 3.05) is 25.5 Å². The first-order valence-corrected chi connectivity index (χ1v) is 6.89. The summed E-state index contributed by atoms with van der Waals surface area (Å²) in [4.78, 5) is 4.49. The van der Waals surface area contributed by atoms with E-state index in [1.165, 1.54) is 11.1 Å². The third kappa shape index (κ3) is 2.00. The van der Waals surface area contributed by atoms with Crippen molar-refractivity contribution in [2.45, 2.75) is 32.9 Å². The summed E-state index contributed by atoms with van der Waals surface area (Å²) in [6, 6.07) is 4.95. The summed E-state index contributed by atoms with van der Waals surface area (Å²) in [5.74, 6) is 0.916. The van der Waals surface area contributed by atoms with Gasteiger partial charge >= 0.3 is 0 Å². The minimum atomic E-state index is 0.569. The molecule has 1 aliphatic heterocycles. The van der Waals surface area contributed by atoms with E-state index in [-0.39, 0.29) is 0 Å². The molecule has 0 radical (unpaired) electrons. The lowest BCUT2D eigenvalue weighted by molar-refractivity contribution is 0.203. The van der Waals surface area contributed by atoms with Crippen LogP contribution in [0.4, 0.5) is 5.82 Å². The van der Waals surface area contributed by atoms with Crippen molar-refractivity contribution >= 4 is 16.8 Å². The summed E-state index contributed by atoms with van der Waals surface area (Å²) < 4.78 is 5.62. The van der Waals surface area contributed by atoms with Gasteiger partial charge in [-0.2, -0.15) is 0 Å². The molecule has 0 atom stereocenters. The van der Waals surface area contributed by atoms with Crippen LogP contribution in [0, 0.1) is 0 Å². The minimum Gasteiger partial charge on any atom is -0.359 e. The minimum absolute atomic E-state index is 0.569. The highest BCUT2D eigenvalue weighted by atomic mass is 16.5. The summed E-state index contributed by atoms with van der Waals surface area (Å²) in [7, 11) is 3.99. The van der Waals surface area contributed by atoms with Crippen LogP contribution in [0.25, 0.3) is 11.0 Å². The number of fused-ring (bicyclic) bond motifs is 3. The van der Waals surface area contributed by atoms with E-state index in [0.29, 0.717) is 6.04 Å². The Morgan fingerprint density at radius 2 is 2.11 bits per heavy atom. The summed E-state index contributed by atoms with van der Waals surface area (Å²) >= 11 is 0. The van der Waals surface area contributed by atoms with Gasteiger partial charge < -0.3 is 9.42 Å². The van der Waals surface area contributed by atoms with Crippen LogP contribution in [0.5, 0.6) is 0 Å². The number of aromatic nitrogens is 1. The lowest BCUT2D eigenvalue weighted by atomic mass is 9.97. The monoisotopic (exact) mass is 259 g/mol. The third-order valence-corrected chi connectivity index (χ3v) is 4.01. The molecule has 102 valence electrons. The number of hydrogen-bond acceptors (Lipinski definition) is 4. The highest BCUT2D eigenvalue weighted by Crippen LogP contribution is 2.32. The average Bonchev–Trinajstić information content (AvgIpc) is 2.82. The van der Waals surface area contributed by atoms with Crippen molar-refractivity contribution < 1.29 is 4.52 Å². The normalized spacial score (nSPS) is 16.1. The molecule has 4 heteroatoms. The van der Waals surface area contributed by atoms with Gasteiger partial charge in [0, 0.05) is 38.8 Å². The van der Waals surface area contributed by atoms with Crippen molar-refractivity contribution in [3.63, 3.8) is 0 Å². The molecule has 0 fully saturated rings. The van der Waals surface area contributed by atoms with Gasteiger partial charge in [-0.25, -0.2) is 0 Å². The number of nitrogens with zero attached hydrogens (tertiary/aromatic N) is 3. The molecule has 0 amide bonds. The van der Waals surface area contributed by atoms with Gasteiger partial charge in [-0.15, -0.1) is 0 Å². The van der Waals surface area contributed by atoms with Crippen molar-refractivity contribution in [2.24, 2.45) is 0 Å². The van der Waals surface area contributed by atoms with E-state index < -0.39 is 0 Å². The molecule has 0 N–H and O–H groups in total. The molecule has 0 saturated carbocycles. The van der Waals surface area contributed by atoms with Crippen molar-refractivity contribution in [3.8, 4) is 0 Å². The molecule has 0 bridgehead atoms. The second-order valence-electron chi connectivity index (χ2n) is 5.79. The average molecular weight is 259 g/mol. The van der Waals surface area contributed by atoms with E-state index in [1.807, 2.05) is 19.0 Å². The molecule has 1 aromatic heterocycles. The molecule has 2 aromatic rings. The highest BCUT2D eigenvalue weighted by molar-refractivity contribution is 5.91. The first-order valence-electron chi connectivity index (χ1n) is 6.89. The van der Waals surface area contributed by atoms with Gasteiger partial charge in [-0.3, -0.25) is 4.90 Å². The molecule has 2 heterocycles. The first-order chi connectivity index (χ1) is 9.08. The van der Waals surface area contributed by atoms with E-state index in [2.05, 4.69) is 36.0 Å². The Morgan fingerprint density at radius 3 is 2.79 bits per heavy atom. The SMILES string of the molecule is CC(C)N1CCc2ccc3c(N(C)C)noc3c2C1. The summed E-state index contributed by atoms with van der Waals surface area (Å²) in [6.45, 7) is 6.59. The van der Waals surface area contributed by atoms with Crippen molar-refractivity contribution in [1.82, 2.24) is 10.1 Å². The van der Waals surface area contributed by atoms with Crippen LogP contribution >= 0.6 is 0 Å². The fourth-order valence-electron chi connectivity index (χ4n) is 2.80. The zero-order valence-electron chi connectivity index (χ0n) is 12.1. The van der Waals surface area contributed by atoms with Gasteiger partial charge in [0.25, 0.3) is 0 Å². The Balaban J connectivity index is 2.11. The smallest absolute Gasteiger partial charge is 0.179 e. The van der Waals surface area contributed by atoms with Gasteiger partial charge in [0.2, 0.25) is 0 Å². The Bertz CT molecular complexity index is 601. The van der Waals surface area contributed by atoms with E-state index in [1.54, 1.807) is 0 Å². The van der Waals surface area contributed by atoms with Crippen molar-refractivity contribution in [1.29, 1.82) is 0 Å². The van der Waals surface area contributed by atoms with Gasteiger partial charge in [0.1, 0.15) is 0 Å².